The predicted molar refractivity (Wildman–Crippen MR) is 116 cm³/mol. The molecule has 1 heterocycles. The molecule has 0 bridgehead atoms. The number of benzene rings is 2. The Balaban J connectivity index is 1.42. The van der Waals surface area contributed by atoms with Crippen LogP contribution in [0.1, 0.15) is 59.3 Å². The number of ketones is 1. The van der Waals surface area contributed by atoms with Gasteiger partial charge in [0.1, 0.15) is 11.6 Å². The van der Waals surface area contributed by atoms with Gasteiger partial charge in [-0.05, 0) is 69.2 Å². The molecule has 0 radical (unpaired) electrons. The summed E-state index contributed by atoms with van der Waals surface area (Å²) in [5, 5.41) is 15.4. The molecule has 1 saturated carbocycles. The summed E-state index contributed by atoms with van der Waals surface area (Å²) in [7, 11) is 0. The number of amides is 1. The molecule has 2 N–H and O–H groups in total. The lowest BCUT2D eigenvalue weighted by atomic mass is 10.1. The van der Waals surface area contributed by atoms with Crippen LogP contribution in [0.15, 0.2) is 47.0 Å². The molecular weight excluding hydrogens is 429 g/mol. The fourth-order valence-corrected chi connectivity index (χ4v) is 3.23. The highest BCUT2D eigenvalue weighted by Gasteiger charge is 2.30. The highest BCUT2D eigenvalue weighted by Crippen LogP contribution is 2.33. The van der Waals surface area contributed by atoms with Crippen molar-refractivity contribution in [2.24, 2.45) is 5.92 Å². The minimum absolute atomic E-state index is 0.0837. The van der Waals surface area contributed by atoms with Crippen LogP contribution in [0.5, 0.6) is 5.75 Å². The smallest absolute Gasteiger partial charge is 0.258 e. The van der Waals surface area contributed by atoms with Gasteiger partial charge < -0.3 is 19.7 Å². The third-order valence-electron chi connectivity index (χ3n) is 5.32. The maximum atomic E-state index is 14.5. The summed E-state index contributed by atoms with van der Waals surface area (Å²) in [5.74, 6) is -0.150. The molecule has 1 fully saturated rings. The van der Waals surface area contributed by atoms with Crippen molar-refractivity contribution in [3.8, 4) is 17.2 Å². The number of ether oxygens (including phenoxy) is 1. The van der Waals surface area contributed by atoms with Crippen LogP contribution >= 0.6 is 0 Å². The third kappa shape index (κ3) is 5.25. The SMILES string of the molecule is CC(CO)NC(=O)c1ccc(-c2nc(C(C)Oc3ccc(C(=O)C4CC4)cc3)no2)cc1F. The minimum Gasteiger partial charge on any atom is -0.483 e. The van der Waals surface area contributed by atoms with Crippen LogP contribution in [0.3, 0.4) is 0 Å². The molecule has 2 atom stereocenters. The number of aliphatic hydroxyl groups excluding tert-OH is 1. The molecule has 9 heteroatoms. The number of nitrogens with zero attached hydrogens (tertiary/aromatic N) is 2. The molecule has 172 valence electrons. The molecule has 0 saturated heterocycles. The van der Waals surface area contributed by atoms with E-state index in [0.29, 0.717) is 16.9 Å². The van der Waals surface area contributed by atoms with Gasteiger partial charge in [0.2, 0.25) is 5.82 Å². The highest BCUT2D eigenvalue weighted by molar-refractivity contribution is 5.99. The number of aromatic nitrogens is 2. The molecule has 33 heavy (non-hydrogen) atoms. The average molecular weight is 453 g/mol. The molecule has 1 aromatic heterocycles. The fourth-order valence-electron chi connectivity index (χ4n) is 3.23. The fraction of sp³-hybridized carbons (Fsp3) is 0.333. The summed E-state index contributed by atoms with van der Waals surface area (Å²) in [6.07, 6.45) is 1.36. The Morgan fingerprint density at radius 3 is 2.58 bits per heavy atom. The number of hydrogen-bond donors (Lipinski definition) is 2. The quantitative estimate of drug-likeness (QED) is 0.475. The van der Waals surface area contributed by atoms with Gasteiger partial charge >= 0.3 is 0 Å². The van der Waals surface area contributed by atoms with E-state index < -0.39 is 23.9 Å². The van der Waals surface area contributed by atoms with Crippen LogP contribution in [-0.2, 0) is 0 Å². The van der Waals surface area contributed by atoms with E-state index in [4.69, 9.17) is 14.4 Å². The Bertz CT molecular complexity index is 1160. The number of carbonyl (C=O) groups excluding carboxylic acids is 2. The van der Waals surface area contributed by atoms with Gasteiger partial charge in [-0.25, -0.2) is 4.39 Å². The summed E-state index contributed by atoms with van der Waals surface area (Å²) in [4.78, 5) is 28.5. The van der Waals surface area contributed by atoms with Gasteiger partial charge in [0.25, 0.3) is 11.8 Å². The first-order chi connectivity index (χ1) is 15.9. The molecule has 0 aliphatic heterocycles. The second kappa shape index (κ2) is 9.50. The van der Waals surface area contributed by atoms with Crippen molar-refractivity contribution in [3.05, 3.63) is 65.2 Å². The normalized spacial score (nSPS) is 15.0. The first-order valence-corrected chi connectivity index (χ1v) is 10.7. The summed E-state index contributed by atoms with van der Waals surface area (Å²) >= 11 is 0. The van der Waals surface area contributed by atoms with Crippen molar-refractivity contribution >= 4 is 11.7 Å². The van der Waals surface area contributed by atoms with E-state index in [2.05, 4.69) is 15.5 Å². The van der Waals surface area contributed by atoms with Gasteiger partial charge in [-0.2, -0.15) is 4.98 Å². The van der Waals surface area contributed by atoms with E-state index in [-0.39, 0.29) is 35.6 Å². The van der Waals surface area contributed by atoms with Crippen molar-refractivity contribution in [3.63, 3.8) is 0 Å². The lowest BCUT2D eigenvalue weighted by Gasteiger charge is -2.11. The molecule has 1 aliphatic rings. The van der Waals surface area contributed by atoms with E-state index in [1.165, 1.54) is 12.1 Å². The second-order valence-corrected chi connectivity index (χ2v) is 8.13. The Kier molecular flexibility index (Phi) is 6.50. The van der Waals surface area contributed by atoms with Crippen molar-refractivity contribution in [2.75, 3.05) is 6.61 Å². The van der Waals surface area contributed by atoms with Crippen molar-refractivity contribution < 1.29 is 28.3 Å². The van der Waals surface area contributed by atoms with Gasteiger partial charge in [0, 0.05) is 23.1 Å². The summed E-state index contributed by atoms with van der Waals surface area (Å²) in [6.45, 7) is 3.10. The van der Waals surface area contributed by atoms with Gasteiger partial charge in [0.15, 0.2) is 11.9 Å². The zero-order chi connectivity index (χ0) is 23.5. The summed E-state index contributed by atoms with van der Waals surface area (Å²) in [6, 6.07) is 10.4. The number of halogens is 1. The van der Waals surface area contributed by atoms with Crippen LogP contribution < -0.4 is 10.1 Å². The van der Waals surface area contributed by atoms with Crippen LogP contribution in [0.4, 0.5) is 4.39 Å². The van der Waals surface area contributed by atoms with Crippen LogP contribution in [0.25, 0.3) is 11.5 Å². The largest absolute Gasteiger partial charge is 0.483 e. The molecular formula is C24H24FN3O5. The zero-order valence-corrected chi connectivity index (χ0v) is 18.2. The first kappa shape index (κ1) is 22.6. The van der Waals surface area contributed by atoms with Gasteiger partial charge in [-0.3, -0.25) is 9.59 Å². The number of carbonyl (C=O) groups is 2. The Hall–Kier alpha value is -3.59. The summed E-state index contributed by atoms with van der Waals surface area (Å²) < 4.78 is 25.6. The highest BCUT2D eigenvalue weighted by atomic mass is 19.1. The zero-order valence-electron chi connectivity index (χ0n) is 18.2. The van der Waals surface area contributed by atoms with Crippen LogP contribution in [-0.4, -0.2) is 39.6 Å². The first-order valence-electron chi connectivity index (χ1n) is 10.7. The van der Waals surface area contributed by atoms with E-state index >= 15 is 0 Å². The number of nitrogens with one attached hydrogen (secondary N) is 1. The number of hydrogen-bond acceptors (Lipinski definition) is 7. The molecule has 1 aliphatic carbocycles. The van der Waals surface area contributed by atoms with Crippen molar-refractivity contribution in [1.29, 1.82) is 0 Å². The van der Waals surface area contributed by atoms with Gasteiger partial charge in [0.05, 0.1) is 12.2 Å². The Morgan fingerprint density at radius 1 is 1.21 bits per heavy atom. The van der Waals surface area contributed by atoms with Crippen LogP contribution in [0, 0.1) is 11.7 Å². The van der Waals surface area contributed by atoms with Crippen molar-refractivity contribution in [2.45, 2.75) is 38.8 Å². The topological polar surface area (TPSA) is 115 Å². The van der Waals surface area contributed by atoms with Crippen molar-refractivity contribution in [1.82, 2.24) is 15.5 Å². The van der Waals surface area contributed by atoms with E-state index in [9.17, 15) is 14.0 Å². The molecule has 2 unspecified atom stereocenters. The second-order valence-electron chi connectivity index (χ2n) is 8.13. The summed E-state index contributed by atoms with van der Waals surface area (Å²) in [5.41, 5.74) is 0.830. The maximum Gasteiger partial charge on any atom is 0.258 e. The number of rotatable bonds is 9. The monoisotopic (exact) mass is 453 g/mol. The molecule has 4 rings (SSSR count). The van der Waals surface area contributed by atoms with E-state index in [1.807, 2.05) is 0 Å². The Morgan fingerprint density at radius 2 is 1.94 bits per heavy atom. The predicted octanol–water partition coefficient (Wildman–Crippen LogP) is 3.72. The lowest BCUT2D eigenvalue weighted by Crippen LogP contribution is -2.35. The molecule has 2 aromatic carbocycles. The van der Waals surface area contributed by atoms with Gasteiger partial charge in [-0.1, -0.05) is 5.16 Å². The molecule has 0 spiro atoms. The molecule has 3 aromatic rings. The standard InChI is InChI=1S/C24H24FN3O5/c1-13(12-29)26-23(31)19-10-7-17(11-20(19)25)24-27-22(28-33-24)14(2)32-18-8-5-16(6-9-18)21(30)15-3-4-15/h5-11,13-15,29H,3-4,12H2,1-2H3,(H,26,31). The Labute approximate surface area is 189 Å². The number of Topliss-reactive ketones (excluding diaryl/α,β-unsaturated/α-hetero) is 1. The third-order valence-corrected chi connectivity index (χ3v) is 5.32. The average Bonchev–Trinajstić information content (AvgIpc) is 3.54. The van der Waals surface area contributed by atoms with E-state index in [0.717, 1.165) is 18.9 Å². The number of aliphatic hydroxyl groups is 1. The lowest BCUT2D eigenvalue weighted by molar-refractivity contribution is 0.0917. The molecule has 8 nitrogen and oxygen atoms in total. The van der Waals surface area contributed by atoms with Crippen LogP contribution in [0.2, 0.25) is 0 Å². The van der Waals surface area contributed by atoms with Gasteiger partial charge in [-0.15, -0.1) is 0 Å². The molecule has 1 amide bonds. The van der Waals surface area contributed by atoms with E-state index in [1.54, 1.807) is 38.1 Å². The maximum absolute atomic E-state index is 14.5. The minimum atomic E-state index is -0.750.